The highest BCUT2D eigenvalue weighted by Gasteiger charge is 2.27. The van der Waals surface area contributed by atoms with E-state index in [1.165, 1.54) is 23.3 Å². The maximum atomic E-state index is 5.82. The second-order valence-electron chi connectivity index (χ2n) is 4.95. The molecule has 1 aliphatic carbocycles. The maximum Gasteiger partial charge on any atom is 0.230 e. The first kappa shape index (κ1) is 12.8. The van der Waals surface area contributed by atoms with Crippen molar-refractivity contribution >= 4 is 11.3 Å². The van der Waals surface area contributed by atoms with Gasteiger partial charge in [-0.2, -0.15) is 0 Å². The van der Waals surface area contributed by atoms with E-state index in [1.807, 2.05) is 11.3 Å². The molecule has 0 bridgehead atoms. The lowest BCUT2D eigenvalue weighted by molar-refractivity contribution is 0.404. The third kappa shape index (κ3) is 2.72. The predicted octanol–water partition coefficient (Wildman–Crippen LogP) is 3.10. The van der Waals surface area contributed by atoms with Crippen LogP contribution in [0.2, 0.25) is 0 Å². The minimum absolute atomic E-state index is 0.308. The van der Waals surface area contributed by atoms with E-state index in [9.17, 15) is 0 Å². The van der Waals surface area contributed by atoms with Crippen molar-refractivity contribution in [3.8, 4) is 0 Å². The maximum absolute atomic E-state index is 5.82. The van der Waals surface area contributed by atoms with E-state index >= 15 is 0 Å². The van der Waals surface area contributed by atoms with E-state index in [2.05, 4.69) is 33.9 Å². The van der Waals surface area contributed by atoms with Gasteiger partial charge in [0, 0.05) is 4.88 Å². The van der Waals surface area contributed by atoms with Gasteiger partial charge in [-0.15, -0.1) is 21.5 Å². The third-order valence-electron chi connectivity index (χ3n) is 3.54. The van der Waals surface area contributed by atoms with Crippen LogP contribution in [0.25, 0.3) is 0 Å². The fourth-order valence-electron chi connectivity index (χ4n) is 2.59. The van der Waals surface area contributed by atoms with Gasteiger partial charge in [0.2, 0.25) is 11.8 Å². The molecule has 102 valence electrons. The lowest BCUT2D eigenvalue weighted by Gasteiger charge is -2.18. The van der Waals surface area contributed by atoms with E-state index < -0.39 is 0 Å². The van der Waals surface area contributed by atoms with Crippen LogP contribution in [0.5, 0.6) is 0 Å². The van der Waals surface area contributed by atoms with Crippen LogP contribution >= 0.6 is 11.3 Å². The van der Waals surface area contributed by atoms with E-state index in [0.29, 0.717) is 18.4 Å². The zero-order valence-electron chi connectivity index (χ0n) is 11.2. The number of fused-ring (bicyclic) bond motifs is 1. The number of hydrogen-bond acceptors (Lipinski definition) is 5. The Labute approximate surface area is 117 Å². The molecule has 4 nitrogen and oxygen atoms in total. The molecule has 0 aromatic carbocycles. The van der Waals surface area contributed by atoms with Crippen LogP contribution in [0.4, 0.5) is 0 Å². The first-order chi connectivity index (χ1) is 9.38. The van der Waals surface area contributed by atoms with Gasteiger partial charge in [-0.25, -0.2) is 0 Å². The normalized spacial score (nSPS) is 18.5. The second kappa shape index (κ2) is 5.84. The number of rotatable bonds is 5. The highest BCUT2D eigenvalue weighted by Crippen LogP contribution is 2.38. The van der Waals surface area contributed by atoms with Crippen molar-refractivity contribution in [3.05, 3.63) is 33.7 Å². The molecule has 2 heterocycles. The molecular formula is C14H19N3OS. The highest BCUT2D eigenvalue weighted by molar-refractivity contribution is 7.10. The van der Waals surface area contributed by atoms with Crippen LogP contribution in [-0.4, -0.2) is 16.7 Å². The van der Waals surface area contributed by atoms with E-state index in [0.717, 1.165) is 25.3 Å². The largest absolute Gasteiger partial charge is 0.423 e. The van der Waals surface area contributed by atoms with Crippen molar-refractivity contribution in [2.45, 2.75) is 45.1 Å². The van der Waals surface area contributed by atoms with Crippen LogP contribution in [0.15, 0.2) is 15.9 Å². The van der Waals surface area contributed by atoms with Gasteiger partial charge in [-0.05, 0) is 49.2 Å². The minimum atomic E-state index is 0.308. The Kier molecular flexibility index (Phi) is 3.94. The first-order valence-electron chi connectivity index (χ1n) is 6.97. The molecule has 19 heavy (non-hydrogen) atoms. The molecule has 1 N–H and O–H groups in total. The number of thiophene rings is 1. The molecule has 0 amide bonds. The number of nitrogens with one attached hydrogen (secondary N) is 1. The molecule has 0 saturated carbocycles. The Morgan fingerprint density at radius 3 is 3.32 bits per heavy atom. The Balaban J connectivity index is 1.73. The van der Waals surface area contributed by atoms with E-state index in [1.54, 1.807) is 0 Å². The van der Waals surface area contributed by atoms with Crippen LogP contribution < -0.4 is 5.32 Å². The lowest BCUT2D eigenvalue weighted by atomic mass is 9.88. The fourth-order valence-corrected chi connectivity index (χ4v) is 3.58. The molecule has 2 aromatic rings. The van der Waals surface area contributed by atoms with E-state index in [-0.39, 0.29) is 0 Å². The van der Waals surface area contributed by atoms with Gasteiger partial charge in [-0.1, -0.05) is 6.92 Å². The summed E-state index contributed by atoms with van der Waals surface area (Å²) >= 11 is 1.85. The topological polar surface area (TPSA) is 51.0 Å². The number of nitrogens with zero attached hydrogens (tertiary/aromatic N) is 2. The van der Waals surface area contributed by atoms with Crippen LogP contribution in [0.3, 0.4) is 0 Å². The van der Waals surface area contributed by atoms with Crippen molar-refractivity contribution in [2.24, 2.45) is 0 Å². The lowest BCUT2D eigenvalue weighted by Crippen LogP contribution is -2.13. The summed E-state index contributed by atoms with van der Waals surface area (Å²) in [5, 5.41) is 13.8. The molecule has 0 radical (unpaired) electrons. The SMILES string of the molecule is CCCNCc1nnc(C2CCCc3sccc32)o1. The van der Waals surface area contributed by atoms with Crippen molar-refractivity contribution < 1.29 is 4.42 Å². The highest BCUT2D eigenvalue weighted by atomic mass is 32.1. The van der Waals surface area contributed by atoms with Gasteiger partial charge < -0.3 is 9.73 Å². The summed E-state index contributed by atoms with van der Waals surface area (Å²) in [6.07, 6.45) is 4.64. The minimum Gasteiger partial charge on any atom is -0.423 e. The molecule has 1 unspecified atom stereocenters. The van der Waals surface area contributed by atoms with Crippen molar-refractivity contribution in [1.82, 2.24) is 15.5 Å². The quantitative estimate of drug-likeness (QED) is 0.853. The molecule has 0 aliphatic heterocycles. The standard InChI is InChI=1S/C14H19N3OS/c1-2-7-15-9-13-16-17-14(18-13)11-4-3-5-12-10(11)6-8-19-12/h6,8,11,15H,2-5,7,9H2,1H3. The van der Waals surface area contributed by atoms with Gasteiger partial charge >= 0.3 is 0 Å². The molecule has 3 rings (SSSR count). The van der Waals surface area contributed by atoms with Gasteiger partial charge in [0.25, 0.3) is 0 Å². The van der Waals surface area contributed by atoms with Crippen LogP contribution in [0.1, 0.15) is 54.3 Å². The molecule has 0 fully saturated rings. The number of hydrogen-bond donors (Lipinski definition) is 1. The zero-order valence-corrected chi connectivity index (χ0v) is 12.0. The predicted molar refractivity (Wildman–Crippen MR) is 75.4 cm³/mol. The molecule has 5 heteroatoms. The average Bonchev–Trinajstić information content (AvgIpc) is 3.07. The Morgan fingerprint density at radius 1 is 1.47 bits per heavy atom. The zero-order chi connectivity index (χ0) is 13.1. The summed E-state index contributed by atoms with van der Waals surface area (Å²) in [5.41, 5.74) is 1.40. The molecular weight excluding hydrogens is 258 g/mol. The van der Waals surface area contributed by atoms with Crippen LogP contribution in [0, 0.1) is 0 Å². The number of aryl methyl sites for hydroxylation is 1. The summed E-state index contributed by atoms with van der Waals surface area (Å²) in [5.74, 6) is 1.79. The van der Waals surface area contributed by atoms with Crippen molar-refractivity contribution in [2.75, 3.05) is 6.54 Å². The van der Waals surface area contributed by atoms with Crippen molar-refractivity contribution in [1.29, 1.82) is 0 Å². The van der Waals surface area contributed by atoms with Gasteiger partial charge in [0.15, 0.2) is 0 Å². The second-order valence-corrected chi connectivity index (χ2v) is 5.96. The fraction of sp³-hybridized carbons (Fsp3) is 0.571. The molecule has 2 aromatic heterocycles. The van der Waals surface area contributed by atoms with E-state index in [4.69, 9.17) is 4.42 Å². The van der Waals surface area contributed by atoms with Crippen LogP contribution in [-0.2, 0) is 13.0 Å². The first-order valence-corrected chi connectivity index (χ1v) is 7.85. The Bertz CT molecular complexity index is 534. The smallest absolute Gasteiger partial charge is 0.230 e. The average molecular weight is 277 g/mol. The van der Waals surface area contributed by atoms with Crippen molar-refractivity contribution in [3.63, 3.8) is 0 Å². The molecule has 0 spiro atoms. The molecule has 1 atom stereocenters. The molecule has 1 aliphatic rings. The summed E-state index contributed by atoms with van der Waals surface area (Å²) < 4.78 is 5.82. The van der Waals surface area contributed by atoms with Gasteiger partial charge in [-0.3, -0.25) is 0 Å². The Hall–Kier alpha value is -1.20. The monoisotopic (exact) mass is 277 g/mol. The summed E-state index contributed by atoms with van der Waals surface area (Å²) in [4.78, 5) is 1.49. The summed E-state index contributed by atoms with van der Waals surface area (Å²) in [7, 11) is 0. The summed E-state index contributed by atoms with van der Waals surface area (Å²) in [6, 6.07) is 2.21. The summed E-state index contributed by atoms with van der Waals surface area (Å²) in [6.45, 7) is 3.80. The van der Waals surface area contributed by atoms with Gasteiger partial charge in [0.1, 0.15) is 0 Å². The third-order valence-corrected chi connectivity index (χ3v) is 4.53. The molecule has 0 saturated heterocycles. The van der Waals surface area contributed by atoms with Gasteiger partial charge in [0.05, 0.1) is 12.5 Å². The Morgan fingerprint density at radius 2 is 2.42 bits per heavy atom. The number of aromatic nitrogens is 2.